The highest BCUT2D eigenvalue weighted by atomic mass is 32.1. The molecule has 0 radical (unpaired) electrons. The first-order valence-electron chi connectivity index (χ1n) is 18.6. The zero-order valence-corrected chi connectivity index (χ0v) is 31.1. The standard InChI is InChI=1S/C46H25N11S/c1-3-11-27-25(9-1)21-22-47-44(27)45-41-36(51-46(52-45)37-24-48-32-15-5-6-16-33(32)50-37)23-30(28-12-7-17-35-42(28)54-56-53-35)39(29-13-8-18-38-43(29)55-57-58-38)40(41)34-20-19-26-10-2-4-14-31(26)49-34/h1-24H,(H,53,54,56). The molecule has 6 aromatic heterocycles. The van der Waals surface area contributed by atoms with Gasteiger partial charge in [0.1, 0.15) is 22.4 Å². The van der Waals surface area contributed by atoms with Gasteiger partial charge >= 0.3 is 0 Å². The van der Waals surface area contributed by atoms with Crippen LogP contribution >= 0.6 is 11.5 Å². The van der Waals surface area contributed by atoms with Crippen LogP contribution in [0.2, 0.25) is 0 Å². The highest BCUT2D eigenvalue weighted by Gasteiger charge is 2.28. The number of H-pyrrole nitrogens is 1. The Hall–Kier alpha value is -7.96. The third kappa shape index (κ3) is 5.05. The molecule has 6 aromatic carbocycles. The van der Waals surface area contributed by atoms with E-state index in [0.717, 1.165) is 92.9 Å². The SMILES string of the molecule is c1ccc2nc(-c3c(-c4cccc5snnc45)c(-c4cccc5[nH]nnc45)cc4nc(-c5cnc6ccccc6n5)nc(-c5nccc6ccccc56)c34)ccc2c1. The second kappa shape index (κ2) is 12.8. The van der Waals surface area contributed by atoms with Gasteiger partial charge in [-0.2, -0.15) is 0 Å². The molecule has 0 unspecified atom stereocenters. The lowest BCUT2D eigenvalue weighted by atomic mass is 9.84. The molecule has 0 bridgehead atoms. The van der Waals surface area contributed by atoms with Crippen molar-refractivity contribution >= 4 is 76.4 Å². The number of hydrogen-bond donors (Lipinski definition) is 1. The third-order valence-electron chi connectivity index (χ3n) is 10.6. The van der Waals surface area contributed by atoms with Gasteiger partial charge in [0.2, 0.25) is 0 Å². The van der Waals surface area contributed by atoms with Crippen LogP contribution in [-0.4, -0.2) is 54.9 Å². The predicted molar refractivity (Wildman–Crippen MR) is 229 cm³/mol. The number of benzene rings is 6. The maximum Gasteiger partial charge on any atom is 0.181 e. The zero-order valence-electron chi connectivity index (χ0n) is 30.2. The van der Waals surface area contributed by atoms with Crippen LogP contribution in [-0.2, 0) is 0 Å². The number of pyridine rings is 2. The molecule has 1 N–H and O–H groups in total. The molecule has 0 aliphatic rings. The maximum atomic E-state index is 5.42. The molecule has 0 spiro atoms. The van der Waals surface area contributed by atoms with Gasteiger partial charge < -0.3 is 0 Å². The van der Waals surface area contributed by atoms with Crippen molar-refractivity contribution in [2.45, 2.75) is 0 Å². The van der Waals surface area contributed by atoms with Crippen molar-refractivity contribution in [3.05, 3.63) is 146 Å². The summed E-state index contributed by atoms with van der Waals surface area (Å²) in [5.41, 5.74) is 12.3. The predicted octanol–water partition coefficient (Wildman–Crippen LogP) is 10.3. The minimum atomic E-state index is 0.414. The van der Waals surface area contributed by atoms with E-state index >= 15 is 0 Å². The largest absolute Gasteiger partial charge is 0.258 e. The fourth-order valence-electron chi connectivity index (χ4n) is 8.00. The maximum absolute atomic E-state index is 5.42. The van der Waals surface area contributed by atoms with Crippen LogP contribution in [0.5, 0.6) is 0 Å². The van der Waals surface area contributed by atoms with Crippen molar-refractivity contribution in [2.75, 3.05) is 0 Å². The molecule has 58 heavy (non-hydrogen) atoms. The van der Waals surface area contributed by atoms with Gasteiger partial charge in [0.25, 0.3) is 0 Å². The second-order valence-corrected chi connectivity index (χ2v) is 14.7. The van der Waals surface area contributed by atoms with E-state index in [9.17, 15) is 0 Å². The topological polar surface area (TPSA) is 145 Å². The van der Waals surface area contributed by atoms with E-state index in [2.05, 4.69) is 68.4 Å². The van der Waals surface area contributed by atoms with Crippen molar-refractivity contribution in [2.24, 2.45) is 0 Å². The summed E-state index contributed by atoms with van der Waals surface area (Å²) in [6, 6.07) is 44.7. The molecule has 0 aliphatic heterocycles. The number of rotatable bonds is 5. The van der Waals surface area contributed by atoms with E-state index in [1.54, 1.807) is 6.20 Å². The number of aromatic nitrogens is 11. The molecule has 0 saturated carbocycles. The molecule has 0 atom stereocenters. The minimum Gasteiger partial charge on any atom is -0.258 e. The van der Waals surface area contributed by atoms with E-state index in [-0.39, 0.29) is 0 Å². The molecule has 11 nitrogen and oxygen atoms in total. The van der Waals surface area contributed by atoms with Crippen molar-refractivity contribution in [3.8, 4) is 56.4 Å². The van der Waals surface area contributed by atoms with E-state index in [1.807, 2.05) is 91.1 Å². The lowest BCUT2D eigenvalue weighted by Gasteiger charge is -2.21. The van der Waals surface area contributed by atoms with Crippen LogP contribution in [0, 0.1) is 0 Å². The quantitative estimate of drug-likeness (QED) is 0.180. The molecule has 12 rings (SSSR count). The Morgan fingerprint density at radius 2 is 1.31 bits per heavy atom. The summed E-state index contributed by atoms with van der Waals surface area (Å²) in [5.74, 6) is 0.414. The van der Waals surface area contributed by atoms with Crippen LogP contribution in [0.25, 0.3) is 121 Å². The van der Waals surface area contributed by atoms with E-state index in [0.29, 0.717) is 28.4 Å². The normalized spacial score (nSPS) is 11.8. The van der Waals surface area contributed by atoms with E-state index < -0.39 is 0 Å². The molecule has 0 aliphatic carbocycles. The lowest BCUT2D eigenvalue weighted by Crippen LogP contribution is -2.03. The van der Waals surface area contributed by atoms with Gasteiger partial charge in [0.15, 0.2) is 5.82 Å². The molecular weight excluding hydrogens is 739 g/mol. The van der Waals surface area contributed by atoms with Crippen molar-refractivity contribution in [1.29, 1.82) is 0 Å². The van der Waals surface area contributed by atoms with Gasteiger partial charge in [-0.3, -0.25) is 15.1 Å². The highest BCUT2D eigenvalue weighted by Crippen LogP contribution is 2.49. The Labute approximate surface area is 332 Å². The second-order valence-electron chi connectivity index (χ2n) is 13.9. The smallest absolute Gasteiger partial charge is 0.181 e. The Morgan fingerprint density at radius 1 is 0.500 bits per heavy atom. The third-order valence-corrected chi connectivity index (χ3v) is 11.3. The number of nitrogens with one attached hydrogen (secondary N) is 1. The fourth-order valence-corrected chi connectivity index (χ4v) is 8.59. The summed E-state index contributed by atoms with van der Waals surface area (Å²) in [6.45, 7) is 0. The Kier molecular flexibility index (Phi) is 7.13. The number of aromatic amines is 1. The van der Waals surface area contributed by atoms with Crippen molar-refractivity contribution in [3.63, 3.8) is 0 Å². The summed E-state index contributed by atoms with van der Waals surface area (Å²) in [5, 5.41) is 20.3. The zero-order chi connectivity index (χ0) is 38.2. The summed E-state index contributed by atoms with van der Waals surface area (Å²) in [6.07, 6.45) is 3.56. The monoisotopic (exact) mass is 763 g/mol. The highest BCUT2D eigenvalue weighted by molar-refractivity contribution is 7.13. The van der Waals surface area contributed by atoms with Crippen LogP contribution in [0.15, 0.2) is 146 Å². The van der Waals surface area contributed by atoms with E-state index in [4.69, 9.17) is 35.0 Å². The van der Waals surface area contributed by atoms with Crippen molar-refractivity contribution in [1.82, 2.24) is 54.9 Å². The van der Waals surface area contributed by atoms with Gasteiger partial charge in [-0.15, -0.1) is 10.2 Å². The molecule has 0 amide bonds. The molecule has 270 valence electrons. The molecule has 12 heteroatoms. The van der Waals surface area contributed by atoms with Crippen LogP contribution in [0.3, 0.4) is 0 Å². The molecule has 6 heterocycles. The van der Waals surface area contributed by atoms with Crippen LogP contribution in [0.4, 0.5) is 0 Å². The number of para-hydroxylation sites is 3. The van der Waals surface area contributed by atoms with Gasteiger partial charge in [-0.05, 0) is 71.0 Å². The molecule has 0 saturated heterocycles. The van der Waals surface area contributed by atoms with Gasteiger partial charge in [-0.1, -0.05) is 94.6 Å². The van der Waals surface area contributed by atoms with Gasteiger partial charge in [0.05, 0.1) is 49.9 Å². The summed E-state index contributed by atoms with van der Waals surface area (Å²) >= 11 is 1.36. The molecule has 12 aromatic rings. The van der Waals surface area contributed by atoms with E-state index in [1.165, 1.54) is 11.5 Å². The average molecular weight is 764 g/mol. The minimum absolute atomic E-state index is 0.414. The number of fused-ring (bicyclic) bond motifs is 6. The fraction of sp³-hybridized carbons (Fsp3) is 0. The Bertz CT molecular complexity index is 3610. The van der Waals surface area contributed by atoms with Gasteiger partial charge in [-0.25, -0.2) is 19.9 Å². The Morgan fingerprint density at radius 3 is 2.26 bits per heavy atom. The first kappa shape index (κ1) is 32.3. The number of hydrogen-bond acceptors (Lipinski definition) is 11. The average Bonchev–Trinajstić information content (AvgIpc) is 3.98. The molecule has 0 fully saturated rings. The molecular formula is C46H25N11S. The summed E-state index contributed by atoms with van der Waals surface area (Å²) < 4.78 is 5.36. The lowest BCUT2D eigenvalue weighted by molar-refractivity contribution is 0.959. The number of nitrogens with zero attached hydrogens (tertiary/aromatic N) is 10. The Balaban J connectivity index is 1.32. The van der Waals surface area contributed by atoms with Crippen molar-refractivity contribution < 1.29 is 0 Å². The summed E-state index contributed by atoms with van der Waals surface area (Å²) in [4.78, 5) is 31.0. The first-order valence-corrected chi connectivity index (χ1v) is 19.4. The van der Waals surface area contributed by atoms with Crippen LogP contribution < -0.4 is 0 Å². The van der Waals surface area contributed by atoms with Crippen LogP contribution in [0.1, 0.15) is 0 Å². The van der Waals surface area contributed by atoms with Gasteiger partial charge in [0, 0.05) is 44.6 Å². The summed E-state index contributed by atoms with van der Waals surface area (Å²) in [7, 11) is 0. The first-order chi connectivity index (χ1) is 28.7.